The first-order valence-corrected chi connectivity index (χ1v) is 12.7. The third kappa shape index (κ3) is 33.7. The van der Waals surface area contributed by atoms with Gasteiger partial charge in [-0.25, -0.2) is 0 Å². The van der Waals surface area contributed by atoms with Crippen molar-refractivity contribution in [2.45, 2.75) is 157 Å². The van der Waals surface area contributed by atoms with Crippen molar-refractivity contribution in [2.24, 2.45) is 5.92 Å². The zero-order chi connectivity index (χ0) is 21.0. The fourth-order valence-corrected chi connectivity index (χ4v) is 3.62. The molecule has 0 heterocycles. The molecule has 0 radical (unpaired) electrons. The Hall–Kier alpha value is -0.330. The topological polar surface area (TPSA) is 17.1 Å². The predicted octanol–water partition coefficient (Wildman–Crippen LogP) is 9.92. The standard InChI is InChI=1S/C22H46.C2H4O.C2H6/c1-4-7-9-11-13-15-17-20-22(19-6-3)21-18-16-14-12-10-8-5-2;1-2-3;1-2/h22H,4-21H2,1-3H3;2H,1H3;1-2H3. The van der Waals surface area contributed by atoms with E-state index in [9.17, 15) is 0 Å². The van der Waals surface area contributed by atoms with Crippen LogP contribution in [-0.4, -0.2) is 6.29 Å². The molecular formula is C26H56O. The van der Waals surface area contributed by atoms with Crippen molar-refractivity contribution in [1.82, 2.24) is 0 Å². The van der Waals surface area contributed by atoms with Gasteiger partial charge >= 0.3 is 0 Å². The van der Waals surface area contributed by atoms with Crippen molar-refractivity contribution in [1.29, 1.82) is 0 Å². The molecule has 0 fully saturated rings. The monoisotopic (exact) mass is 384 g/mol. The van der Waals surface area contributed by atoms with Crippen LogP contribution in [-0.2, 0) is 4.79 Å². The molecule has 1 nitrogen and oxygen atoms in total. The average molecular weight is 385 g/mol. The molecule has 0 saturated carbocycles. The Balaban J connectivity index is -0.00000104. The molecule has 0 rings (SSSR count). The van der Waals surface area contributed by atoms with Crippen LogP contribution in [0.25, 0.3) is 0 Å². The van der Waals surface area contributed by atoms with Crippen LogP contribution in [0.2, 0.25) is 0 Å². The maximum atomic E-state index is 8.81. The lowest BCUT2D eigenvalue weighted by atomic mass is 9.90. The van der Waals surface area contributed by atoms with Crippen LogP contribution >= 0.6 is 0 Å². The number of aldehydes is 1. The van der Waals surface area contributed by atoms with Crippen LogP contribution in [0.1, 0.15) is 157 Å². The largest absolute Gasteiger partial charge is 0.304 e. The number of carbonyl (C=O) groups excluding carboxylic acids is 1. The normalized spacial score (nSPS) is 10.0. The summed E-state index contributed by atoms with van der Waals surface area (Å²) >= 11 is 0. The molecule has 0 aliphatic carbocycles. The molecule has 0 aromatic rings. The smallest absolute Gasteiger partial charge is 0.116 e. The summed E-state index contributed by atoms with van der Waals surface area (Å²) < 4.78 is 0. The van der Waals surface area contributed by atoms with E-state index in [1.807, 2.05) is 13.8 Å². The van der Waals surface area contributed by atoms with E-state index < -0.39 is 0 Å². The van der Waals surface area contributed by atoms with Gasteiger partial charge in [0.2, 0.25) is 0 Å². The molecule has 0 aliphatic rings. The van der Waals surface area contributed by atoms with Crippen LogP contribution in [0.4, 0.5) is 0 Å². The highest BCUT2D eigenvalue weighted by atomic mass is 16.1. The van der Waals surface area contributed by atoms with Crippen LogP contribution < -0.4 is 0 Å². The van der Waals surface area contributed by atoms with Gasteiger partial charge in [0, 0.05) is 0 Å². The number of rotatable bonds is 18. The van der Waals surface area contributed by atoms with Crippen molar-refractivity contribution in [3.63, 3.8) is 0 Å². The van der Waals surface area contributed by atoms with Gasteiger partial charge in [0.1, 0.15) is 6.29 Å². The molecule has 166 valence electrons. The SMILES string of the molecule is CC.CC=O.CCCCCCCCCC(CCC)CCCCCCCCC. The first-order valence-electron chi connectivity index (χ1n) is 12.7. The number of carbonyl (C=O) groups is 1. The zero-order valence-corrected chi connectivity index (χ0v) is 20.3. The second kappa shape index (κ2) is 33.3. The fraction of sp³-hybridized carbons (Fsp3) is 0.962. The van der Waals surface area contributed by atoms with Crippen molar-refractivity contribution in [3.05, 3.63) is 0 Å². The molecule has 0 aromatic heterocycles. The molecule has 0 N–H and O–H groups in total. The van der Waals surface area contributed by atoms with Gasteiger partial charge in [-0.15, -0.1) is 0 Å². The summed E-state index contributed by atoms with van der Waals surface area (Å²) in [6.45, 7) is 12.4. The molecule has 0 amide bonds. The number of hydrogen-bond donors (Lipinski definition) is 0. The summed E-state index contributed by atoms with van der Waals surface area (Å²) in [5.41, 5.74) is 0. The Morgan fingerprint density at radius 2 is 0.815 bits per heavy atom. The van der Waals surface area contributed by atoms with E-state index in [4.69, 9.17) is 4.79 Å². The van der Waals surface area contributed by atoms with E-state index in [2.05, 4.69) is 20.8 Å². The highest BCUT2D eigenvalue weighted by Crippen LogP contribution is 2.23. The summed E-state index contributed by atoms with van der Waals surface area (Å²) in [5, 5.41) is 0. The summed E-state index contributed by atoms with van der Waals surface area (Å²) in [7, 11) is 0. The van der Waals surface area contributed by atoms with E-state index in [1.54, 1.807) is 0 Å². The predicted molar refractivity (Wildman–Crippen MR) is 127 cm³/mol. The van der Waals surface area contributed by atoms with E-state index in [-0.39, 0.29) is 0 Å². The summed E-state index contributed by atoms with van der Waals surface area (Å²) in [5.74, 6) is 1.04. The molecule has 0 aromatic carbocycles. The van der Waals surface area contributed by atoms with E-state index >= 15 is 0 Å². The Bertz CT molecular complexity index is 206. The van der Waals surface area contributed by atoms with Crippen LogP contribution in [0.3, 0.4) is 0 Å². The maximum absolute atomic E-state index is 8.81. The number of unbranched alkanes of at least 4 members (excludes halogenated alkanes) is 12. The molecule has 0 unspecified atom stereocenters. The van der Waals surface area contributed by atoms with Crippen molar-refractivity contribution < 1.29 is 4.79 Å². The summed E-state index contributed by atoms with van der Waals surface area (Å²) in [6, 6.07) is 0. The first kappa shape index (κ1) is 31.4. The molecule has 0 bridgehead atoms. The Morgan fingerprint density at radius 1 is 0.519 bits per heavy atom. The molecule has 0 aliphatic heterocycles. The van der Waals surface area contributed by atoms with Gasteiger partial charge in [-0.1, -0.05) is 150 Å². The van der Waals surface area contributed by atoms with E-state index in [0.29, 0.717) is 0 Å². The van der Waals surface area contributed by atoms with Gasteiger partial charge in [-0.05, 0) is 12.8 Å². The summed E-state index contributed by atoms with van der Waals surface area (Å²) in [6.07, 6.45) is 27.1. The molecule has 0 saturated heterocycles. The molecule has 1 heteroatoms. The molecular weight excluding hydrogens is 328 g/mol. The maximum Gasteiger partial charge on any atom is 0.116 e. The van der Waals surface area contributed by atoms with Gasteiger partial charge in [-0.2, -0.15) is 0 Å². The van der Waals surface area contributed by atoms with E-state index in [0.717, 1.165) is 12.2 Å². The van der Waals surface area contributed by atoms with Crippen molar-refractivity contribution >= 4 is 6.29 Å². The van der Waals surface area contributed by atoms with Crippen LogP contribution in [0, 0.1) is 5.92 Å². The van der Waals surface area contributed by atoms with Crippen LogP contribution in [0.5, 0.6) is 0 Å². The van der Waals surface area contributed by atoms with Gasteiger partial charge in [0.15, 0.2) is 0 Å². The van der Waals surface area contributed by atoms with Crippen molar-refractivity contribution in [2.75, 3.05) is 0 Å². The summed E-state index contributed by atoms with van der Waals surface area (Å²) in [4.78, 5) is 8.81. The van der Waals surface area contributed by atoms with Gasteiger partial charge in [0.05, 0.1) is 0 Å². The second-order valence-corrected chi connectivity index (χ2v) is 7.71. The molecule has 0 spiro atoms. The first-order chi connectivity index (χ1) is 13.3. The minimum atomic E-state index is 0.750. The van der Waals surface area contributed by atoms with Crippen LogP contribution in [0.15, 0.2) is 0 Å². The third-order valence-corrected chi connectivity index (χ3v) is 5.13. The lowest BCUT2D eigenvalue weighted by Crippen LogP contribution is -2.00. The zero-order valence-electron chi connectivity index (χ0n) is 20.3. The lowest BCUT2D eigenvalue weighted by molar-refractivity contribution is -0.106. The minimum absolute atomic E-state index is 0.750. The number of hydrogen-bond acceptors (Lipinski definition) is 1. The highest BCUT2D eigenvalue weighted by Gasteiger charge is 2.07. The Morgan fingerprint density at radius 3 is 1.11 bits per heavy atom. The Labute approximate surface area is 174 Å². The lowest BCUT2D eigenvalue weighted by Gasteiger charge is -2.16. The highest BCUT2D eigenvalue weighted by molar-refractivity contribution is 5.44. The van der Waals surface area contributed by atoms with Gasteiger partial charge in [-0.3, -0.25) is 0 Å². The van der Waals surface area contributed by atoms with Gasteiger partial charge in [0.25, 0.3) is 0 Å². The minimum Gasteiger partial charge on any atom is -0.304 e. The molecule has 0 atom stereocenters. The molecule has 27 heavy (non-hydrogen) atoms. The average Bonchev–Trinajstić information content (AvgIpc) is 2.68. The van der Waals surface area contributed by atoms with E-state index in [1.165, 1.54) is 122 Å². The van der Waals surface area contributed by atoms with Crippen molar-refractivity contribution in [3.8, 4) is 0 Å². The second-order valence-electron chi connectivity index (χ2n) is 7.71. The van der Waals surface area contributed by atoms with Gasteiger partial charge < -0.3 is 4.79 Å². The Kier molecular flexibility index (Phi) is 38.7. The quantitative estimate of drug-likeness (QED) is 0.170. The fourth-order valence-electron chi connectivity index (χ4n) is 3.62. The third-order valence-electron chi connectivity index (χ3n) is 5.13.